The molecule has 0 spiro atoms. The lowest BCUT2D eigenvalue weighted by Gasteiger charge is -2.06. The third-order valence-electron chi connectivity index (χ3n) is 3.37. The average molecular weight is 291 g/mol. The summed E-state index contributed by atoms with van der Waals surface area (Å²) in [5.74, 6) is 0. The molecule has 0 aliphatic carbocycles. The molecule has 1 aliphatic heterocycles. The van der Waals surface area contributed by atoms with Crippen molar-refractivity contribution in [3.63, 3.8) is 0 Å². The smallest absolute Gasteiger partial charge is 0.258 e. The summed E-state index contributed by atoms with van der Waals surface area (Å²) in [6, 6.07) is 16.7. The van der Waals surface area contributed by atoms with Crippen LogP contribution in [0.5, 0.6) is 0 Å². The molecule has 3 rings (SSSR count). The van der Waals surface area contributed by atoms with Crippen molar-refractivity contribution < 1.29 is 4.92 Å². The van der Waals surface area contributed by atoms with Crippen molar-refractivity contribution in [3.05, 3.63) is 87.1 Å². The molecule has 5 heteroatoms. The van der Waals surface area contributed by atoms with E-state index < -0.39 is 4.92 Å². The quantitative estimate of drug-likeness (QED) is 0.643. The van der Waals surface area contributed by atoms with E-state index in [0.29, 0.717) is 12.1 Å². The Balaban J connectivity index is 2.14. The fourth-order valence-electron chi connectivity index (χ4n) is 2.32. The van der Waals surface area contributed by atoms with E-state index in [9.17, 15) is 10.1 Å². The van der Waals surface area contributed by atoms with E-state index in [1.807, 2.05) is 54.6 Å². The van der Waals surface area contributed by atoms with Crippen LogP contribution in [0.4, 0.5) is 0 Å². The molecule has 0 fully saturated rings. The molecule has 2 aromatic rings. The summed E-state index contributed by atoms with van der Waals surface area (Å²) in [5, 5.41) is 19.5. The highest BCUT2D eigenvalue weighted by atomic mass is 16.6. The van der Waals surface area contributed by atoms with Gasteiger partial charge in [-0.05, 0) is 11.1 Å². The van der Waals surface area contributed by atoms with Gasteiger partial charge in [-0.3, -0.25) is 10.1 Å². The highest BCUT2D eigenvalue weighted by Gasteiger charge is 2.24. The minimum absolute atomic E-state index is 0.0577. The largest absolute Gasteiger partial charge is 0.297 e. The van der Waals surface area contributed by atoms with E-state index in [1.165, 1.54) is 6.08 Å². The zero-order valence-electron chi connectivity index (χ0n) is 11.7. The van der Waals surface area contributed by atoms with Crippen molar-refractivity contribution in [2.75, 3.05) is 0 Å². The molecule has 0 aromatic heterocycles. The third-order valence-corrected chi connectivity index (χ3v) is 3.37. The van der Waals surface area contributed by atoms with E-state index in [1.54, 1.807) is 6.21 Å². The van der Waals surface area contributed by atoms with Gasteiger partial charge in [0.05, 0.1) is 4.92 Å². The van der Waals surface area contributed by atoms with Crippen LogP contribution >= 0.6 is 0 Å². The van der Waals surface area contributed by atoms with Crippen LogP contribution in [-0.2, 0) is 6.42 Å². The van der Waals surface area contributed by atoms with Gasteiger partial charge in [-0.15, -0.1) is 5.10 Å². The first-order valence-electron chi connectivity index (χ1n) is 6.85. The van der Waals surface area contributed by atoms with Crippen molar-refractivity contribution in [1.82, 2.24) is 0 Å². The summed E-state index contributed by atoms with van der Waals surface area (Å²) < 4.78 is 0. The Morgan fingerprint density at radius 3 is 2.59 bits per heavy atom. The highest BCUT2D eigenvalue weighted by Crippen LogP contribution is 2.20. The Kier molecular flexibility index (Phi) is 3.87. The molecular formula is C17H13N3O2. The topological polar surface area (TPSA) is 67.9 Å². The van der Waals surface area contributed by atoms with Crippen molar-refractivity contribution in [1.29, 1.82) is 0 Å². The van der Waals surface area contributed by atoms with Gasteiger partial charge in [0.25, 0.3) is 5.70 Å². The predicted octanol–water partition coefficient (Wildman–Crippen LogP) is 3.34. The molecule has 0 amide bonds. The summed E-state index contributed by atoms with van der Waals surface area (Å²) in [6.07, 6.45) is 3.79. The number of benzene rings is 2. The van der Waals surface area contributed by atoms with E-state index >= 15 is 0 Å². The van der Waals surface area contributed by atoms with Crippen LogP contribution in [0.25, 0.3) is 6.08 Å². The lowest BCUT2D eigenvalue weighted by Crippen LogP contribution is -2.14. The van der Waals surface area contributed by atoms with Crippen molar-refractivity contribution in [2.45, 2.75) is 6.42 Å². The molecule has 22 heavy (non-hydrogen) atoms. The fourth-order valence-corrected chi connectivity index (χ4v) is 2.32. The molecule has 0 saturated carbocycles. The standard InChI is InChI=1S/C17H13N3O2/c21-20(22)16(12-13-6-2-1-3-7-13)17-15-9-5-4-8-14(15)10-11-18-19-17/h1-9,11-12H,10H2. The molecule has 108 valence electrons. The Morgan fingerprint density at radius 1 is 1.09 bits per heavy atom. The summed E-state index contributed by atoms with van der Waals surface area (Å²) >= 11 is 0. The van der Waals surface area contributed by atoms with Gasteiger partial charge in [0.2, 0.25) is 0 Å². The first kappa shape index (κ1) is 13.9. The van der Waals surface area contributed by atoms with Crippen LogP contribution in [0.15, 0.2) is 70.5 Å². The molecule has 1 aliphatic rings. The number of nitrogens with zero attached hydrogens (tertiary/aromatic N) is 3. The number of hydrogen-bond donors (Lipinski definition) is 0. The first-order chi connectivity index (χ1) is 10.8. The van der Waals surface area contributed by atoms with Crippen molar-refractivity contribution >= 4 is 18.0 Å². The Morgan fingerprint density at radius 2 is 1.82 bits per heavy atom. The summed E-state index contributed by atoms with van der Waals surface area (Å²) in [7, 11) is 0. The molecule has 0 saturated heterocycles. The fraction of sp³-hybridized carbons (Fsp3) is 0.0588. The van der Waals surface area contributed by atoms with Crippen LogP contribution in [0, 0.1) is 10.1 Å². The van der Waals surface area contributed by atoms with Crippen LogP contribution in [0.2, 0.25) is 0 Å². The molecule has 2 aromatic carbocycles. The number of nitro groups is 1. The van der Waals surface area contributed by atoms with Gasteiger partial charge in [-0.25, -0.2) is 0 Å². The van der Waals surface area contributed by atoms with Gasteiger partial charge in [-0.1, -0.05) is 54.6 Å². The zero-order chi connectivity index (χ0) is 15.4. The van der Waals surface area contributed by atoms with Crippen LogP contribution in [0.3, 0.4) is 0 Å². The van der Waals surface area contributed by atoms with Crippen molar-refractivity contribution in [2.24, 2.45) is 10.2 Å². The number of rotatable bonds is 3. The van der Waals surface area contributed by atoms with Crippen LogP contribution in [-0.4, -0.2) is 16.8 Å². The lowest BCUT2D eigenvalue weighted by molar-refractivity contribution is -0.413. The molecule has 0 unspecified atom stereocenters. The maximum absolute atomic E-state index is 11.5. The highest BCUT2D eigenvalue weighted by molar-refractivity contribution is 6.14. The average Bonchev–Trinajstić information content (AvgIpc) is 2.76. The van der Waals surface area contributed by atoms with Crippen LogP contribution < -0.4 is 0 Å². The van der Waals surface area contributed by atoms with Gasteiger partial charge in [0.15, 0.2) is 5.71 Å². The maximum Gasteiger partial charge on any atom is 0.297 e. The number of allylic oxidation sites excluding steroid dienone is 1. The molecule has 1 heterocycles. The number of hydrogen-bond acceptors (Lipinski definition) is 4. The zero-order valence-corrected chi connectivity index (χ0v) is 11.7. The number of fused-ring (bicyclic) bond motifs is 1. The molecular weight excluding hydrogens is 278 g/mol. The van der Waals surface area contributed by atoms with Gasteiger partial charge in [0.1, 0.15) is 0 Å². The van der Waals surface area contributed by atoms with E-state index in [4.69, 9.17) is 0 Å². The Labute approximate surface area is 127 Å². The second-order valence-corrected chi connectivity index (χ2v) is 4.81. The molecule has 0 radical (unpaired) electrons. The second kappa shape index (κ2) is 6.13. The normalized spacial score (nSPS) is 14.0. The monoisotopic (exact) mass is 291 g/mol. The summed E-state index contributed by atoms with van der Waals surface area (Å²) in [5.41, 5.74) is 2.71. The van der Waals surface area contributed by atoms with Gasteiger partial charge in [0, 0.05) is 24.3 Å². The first-order valence-corrected chi connectivity index (χ1v) is 6.85. The SMILES string of the molecule is O=[N+]([O-])C(=Cc1ccccc1)C1=NN=CCc2ccccc21. The van der Waals surface area contributed by atoms with Crippen molar-refractivity contribution in [3.8, 4) is 0 Å². The van der Waals surface area contributed by atoms with Gasteiger partial charge in [-0.2, -0.15) is 5.10 Å². The predicted molar refractivity (Wildman–Crippen MR) is 86.6 cm³/mol. The minimum Gasteiger partial charge on any atom is -0.258 e. The Hall–Kier alpha value is -3.08. The van der Waals surface area contributed by atoms with Gasteiger partial charge >= 0.3 is 0 Å². The Bertz CT molecular complexity index is 793. The molecule has 0 N–H and O–H groups in total. The third kappa shape index (κ3) is 2.83. The summed E-state index contributed by atoms with van der Waals surface area (Å²) in [4.78, 5) is 11.1. The maximum atomic E-state index is 11.5. The van der Waals surface area contributed by atoms with Gasteiger partial charge < -0.3 is 0 Å². The molecule has 0 bridgehead atoms. The lowest BCUT2D eigenvalue weighted by atomic mass is 9.98. The van der Waals surface area contributed by atoms with Crippen LogP contribution in [0.1, 0.15) is 16.7 Å². The molecule has 0 atom stereocenters. The second-order valence-electron chi connectivity index (χ2n) is 4.81. The molecule has 5 nitrogen and oxygen atoms in total. The van der Waals surface area contributed by atoms with E-state index in [2.05, 4.69) is 10.2 Å². The summed E-state index contributed by atoms with van der Waals surface area (Å²) in [6.45, 7) is 0. The van der Waals surface area contributed by atoms with E-state index in [-0.39, 0.29) is 5.70 Å². The minimum atomic E-state index is -0.413. The van der Waals surface area contributed by atoms with E-state index in [0.717, 1.165) is 16.7 Å².